The first kappa shape index (κ1) is 44.8. The average Bonchev–Trinajstić information content (AvgIpc) is 3.94. The van der Waals surface area contributed by atoms with E-state index in [0.29, 0.717) is 11.2 Å². The summed E-state index contributed by atoms with van der Waals surface area (Å²) in [5, 5.41) is 85.9. The molecule has 25 nitrogen and oxygen atoms in total. The number of aliphatic hydroxyl groups excluding tert-OH is 9. The van der Waals surface area contributed by atoms with Gasteiger partial charge in [-0.15, -0.1) is 6.58 Å². The van der Waals surface area contributed by atoms with Crippen molar-refractivity contribution in [3.63, 3.8) is 0 Å². The van der Waals surface area contributed by atoms with Gasteiger partial charge in [0.2, 0.25) is 0 Å². The van der Waals surface area contributed by atoms with Crippen LogP contribution in [0, 0.1) is 0 Å². The molecule has 0 radical (unpaired) electrons. The average molecular weight is 836 g/mol. The Kier molecular flexibility index (Phi) is 14.6. The number of allylic oxidation sites excluding steroid dienone is 2. The molecule has 12 atom stereocenters. The lowest BCUT2D eigenvalue weighted by Gasteiger charge is -2.17. The number of nitrogen functional groups attached to an aromatic ring is 1. The first-order chi connectivity index (χ1) is 28.1. The maximum atomic E-state index is 11.8. The van der Waals surface area contributed by atoms with Gasteiger partial charge in [0.1, 0.15) is 66.8 Å². The highest BCUT2D eigenvalue weighted by atomic mass is 16.6. The standard InChI is InChI=1S/2C12H16N2O6.C10H13N5O4/c2*1-2-3-6-4-14(12(19)13-10(6)18)11-9(17)8(16)7(5-15)20-11;11-8-5-9(13-2-12-8)15(3-14-5)10-7(18)6(17)4(1-16)19-10/h2-4,7-9,11,15-17H,5H2,1H3,(H,13,18,19);2,4,7-9,11,15-17H,1,3,5H2,(H,13,18,19);2-4,6-7,10,16-18H,1H2,(H2,11,12,13)/t2*7-,8-,9-,11-;4-,6-,7-,10-/m111/s1. The van der Waals surface area contributed by atoms with Crippen LogP contribution >= 0.6 is 0 Å². The van der Waals surface area contributed by atoms with Gasteiger partial charge in [0.15, 0.2) is 30.1 Å². The van der Waals surface area contributed by atoms with Crippen LogP contribution in [0.15, 0.2) is 63.0 Å². The van der Waals surface area contributed by atoms with Crippen LogP contribution < -0.4 is 28.2 Å². The van der Waals surface area contributed by atoms with Crippen molar-refractivity contribution in [2.75, 3.05) is 25.6 Å². The van der Waals surface area contributed by atoms with Crippen molar-refractivity contribution in [1.82, 2.24) is 38.6 Å². The molecule has 0 bridgehead atoms. The Hall–Kier alpha value is -5.29. The highest BCUT2D eigenvalue weighted by Gasteiger charge is 2.46. The second-order valence-electron chi connectivity index (χ2n) is 13.3. The summed E-state index contributed by atoms with van der Waals surface area (Å²) in [6.45, 7) is 3.84. The molecule has 7 rings (SSSR count). The van der Waals surface area contributed by atoms with E-state index in [0.717, 1.165) is 9.13 Å². The Morgan fingerprint density at radius 1 is 0.712 bits per heavy atom. The van der Waals surface area contributed by atoms with Gasteiger partial charge < -0.3 is 65.9 Å². The van der Waals surface area contributed by atoms with Gasteiger partial charge in [0.05, 0.1) is 31.7 Å². The third kappa shape index (κ3) is 9.15. The van der Waals surface area contributed by atoms with Crippen molar-refractivity contribution >= 4 is 23.1 Å². The molecule has 0 aromatic carbocycles. The van der Waals surface area contributed by atoms with E-state index in [1.54, 1.807) is 13.0 Å². The molecule has 322 valence electrons. The molecule has 0 spiro atoms. The molecular formula is C34H45N9O16. The van der Waals surface area contributed by atoms with Crippen molar-refractivity contribution in [3.8, 4) is 0 Å². The van der Waals surface area contributed by atoms with Gasteiger partial charge in [-0.3, -0.25) is 33.3 Å². The van der Waals surface area contributed by atoms with Gasteiger partial charge in [-0.25, -0.2) is 24.5 Å². The monoisotopic (exact) mass is 835 g/mol. The Labute approximate surface area is 330 Å². The molecule has 0 unspecified atom stereocenters. The summed E-state index contributed by atoms with van der Waals surface area (Å²) < 4.78 is 19.3. The number of hydrogen-bond acceptors (Lipinski definition) is 20. The van der Waals surface area contributed by atoms with Crippen LogP contribution in [0.5, 0.6) is 0 Å². The third-order valence-electron chi connectivity index (χ3n) is 9.51. The lowest BCUT2D eigenvalue weighted by molar-refractivity contribution is -0.0551. The molecule has 3 saturated heterocycles. The van der Waals surface area contributed by atoms with E-state index in [-0.39, 0.29) is 23.4 Å². The predicted molar refractivity (Wildman–Crippen MR) is 200 cm³/mol. The zero-order chi connectivity index (χ0) is 43.3. The Morgan fingerprint density at radius 2 is 1.19 bits per heavy atom. The summed E-state index contributed by atoms with van der Waals surface area (Å²) in [5.74, 6) is 0.218. The van der Waals surface area contributed by atoms with E-state index in [9.17, 15) is 49.8 Å². The molecule has 59 heavy (non-hydrogen) atoms. The van der Waals surface area contributed by atoms with Gasteiger partial charge in [0, 0.05) is 18.0 Å². The Morgan fingerprint density at radius 3 is 1.64 bits per heavy atom. The van der Waals surface area contributed by atoms with Crippen molar-refractivity contribution in [2.45, 2.75) is 87.0 Å². The summed E-state index contributed by atoms with van der Waals surface area (Å²) >= 11 is 0. The minimum atomic E-state index is -1.38. The summed E-state index contributed by atoms with van der Waals surface area (Å²) in [7, 11) is 0. The highest BCUT2D eigenvalue weighted by molar-refractivity contribution is 5.81. The molecule has 4 aromatic heterocycles. The largest absolute Gasteiger partial charge is 0.394 e. The van der Waals surface area contributed by atoms with Crippen molar-refractivity contribution in [2.24, 2.45) is 0 Å². The second-order valence-corrected chi connectivity index (χ2v) is 13.3. The number of hydrogen-bond donors (Lipinski definition) is 12. The number of imidazole rings is 1. The maximum absolute atomic E-state index is 11.8. The fraction of sp³-hybridized carbons (Fsp3) is 0.500. The summed E-state index contributed by atoms with van der Waals surface area (Å²) in [4.78, 5) is 62.8. The van der Waals surface area contributed by atoms with Gasteiger partial charge in [-0.05, 0) is 13.3 Å². The number of aromatic amines is 2. The quantitative estimate of drug-likeness (QED) is 0.0698. The number of nitrogens with one attached hydrogen (secondary N) is 2. The number of fused-ring (bicyclic) bond motifs is 1. The third-order valence-corrected chi connectivity index (χ3v) is 9.51. The highest BCUT2D eigenvalue weighted by Crippen LogP contribution is 2.32. The number of nitrogens with two attached hydrogens (primary N) is 1. The Bertz CT molecular complexity index is 2340. The lowest BCUT2D eigenvalue weighted by Crippen LogP contribution is -2.38. The minimum absolute atomic E-state index is 0.213. The SMILES string of the molecule is C=CCc1cn([C@@H]2O[C@H](CO)[C@@H](O)[C@H]2O)c(=O)[nH]c1=O.CC=Cc1cn([C@@H]2O[C@H](CO)[C@@H](O)[C@H]2O)c(=O)[nH]c1=O.Nc1ncnc2c1ncn2[C@@H]1O[C@H](CO)[C@@H](O)[C@H]1O. The maximum Gasteiger partial charge on any atom is 0.330 e. The minimum Gasteiger partial charge on any atom is -0.394 e. The van der Waals surface area contributed by atoms with Crippen LogP contribution in [0.1, 0.15) is 36.7 Å². The molecular weight excluding hydrogens is 790 g/mol. The zero-order valence-corrected chi connectivity index (χ0v) is 31.1. The van der Waals surface area contributed by atoms with Crippen LogP contribution in [0.4, 0.5) is 5.82 Å². The fourth-order valence-electron chi connectivity index (χ4n) is 6.39. The van der Waals surface area contributed by atoms with Crippen molar-refractivity contribution in [1.29, 1.82) is 0 Å². The second kappa shape index (κ2) is 19.2. The van der Waals surface area contributed by atoms with Gasteiger partial charge in [-0.1, -0.05) is 18.2 Å². The van der Waals surface area contributed by atoms with Crippen LogP contribution in [0.25, 0.3) is 17.2 Å². The van der Waals surface area contributed by atoms with E-state index in [1.165, 1.54) is 41.8 Å². The van der Waals surface area contributed by atoms with E-state index in [2.05, 4.69) is 31.5 Å². The molecule has 7 heterocycles. The first-order valence-corrected chi connectivity index (χ1v) is 17.9. The van der Waals surface area contributed by atoms with Gasteiger partial charge in [-0.2, -0.15) is 0 Å². The molecule has 3 aliphatic heterocycles. The molecule has 0 aliphatic carbocycles. The number of aliphatic hydroxyl groups is 9. The molecule has 3 fully saturated rings. The number of ether oxygens (including phenoxy) is 3. The fourth-order valence-corrected chi connectivity index (χ4v) is 6.39. The summed E-state index contributed by atoms with van der Waals surface area (Å²) in [6, 6.07) is 0. The molecule has 0 amide bonds. The number of aromatic nitrogens is 8. The zero-order valence-electron chi connectivity index (χ0n) is 31.1. The number of anilines is 1. The van der Waals surface area contributed by atoms with Crippen LogP contribution in [-0.4, -0.2) is 159 Å². The molecule has 3 aliphatic rings. The van der Waals surface area contributed by atoms with Crippen molar-refractivity contribution < 1.29 is 60.2 Å². The van der Waals surface area contributed by atoms with E-state index < -0.39 is 116 Å². The normalized spacial score (nSPS) is 30.3. The first-order valence-electron chi connectivity index (χ1n) is 17.9. The van der Waals surface area contributed by atoms with E-state index in [1.807, 2.05) is 0 Å². The van der Waals surface area contributed by atoms with Gasteiger partial charge >= 0.3 is 11.4 Å². The molecule has 13 N–H and O–H groups in total. The molecule has 25 heteroatoms. The number of H-pyrrole nitrogens is 2. The lowest BCUT2D eigenvalue weighted by atomic mass is 10.1. The van der Waals surface area contributed by atoms with E-state index >= 15 is 0 Å². The van der Waals surface area contributed by atoms with Crippen molar-refractivity contribution in [3.05, 3.63) is 96.6 Å². The van der Waals surface area contributed by atoms with Crippen LogP contribution in [0.2, 0.25) is 0 Å². The Balaban J connectivity index is 0.000000168. The van der Waals surface area contributed by atoms with Gasteiger partial charge in [0.25, 0.3) is 11.1 Å². The number of nitrogens with zero attached hydrogens (tertiary/aromatic N) is 6. The molecule has 0 saturated carbocycles. The van der Waals surface area contributed by atoms with Crippen LogP contribution in [0.3, 0.4) is 0 Å². The summed E-state index contributed by atoms with van der Waals surface area (Å²) in [6.07, 6.45) is -3.78. The molecule has 4 aromatic rings. The summed E-state index contributed by atoms with van der Waals surface area (Å²) in [5.41, 5.74) is 4.30. The smallest absolute Gasteiger partial charge is 0.330 e. The predicted octanol–water partition coefficient (Wildman–Crippen LogP) is -5.92. The number of rotatable bonds is 9. The topological polar surface area (TPSA) is 389 Å². The van der Waals surface area contributed by atoms with Crippen LogP contribution in [-0.2, 0) is 20.6 Å². The van der Waals surface area contributed by atoms with E-state index in [4.69, 9.17) is 35.3 Å².